The van der Waals surface area contributed by atoms with Gasteiger partial charge in [0.05, 0.1) is 10.6 Å². The topological polar surface area (TPSA) is 64.3 Å². The zero-order valence-electron chi connectivity index (χ0n) is 10.7. The zero-order chi connectivity index (χ0) is 15.0. The smallest absolute Gasteiger partial charge is 0.262 e. The second-order valence-electron chi connectivity index (χ2n) is 4.40. The third kappa shape index (κ3) is 2.78. The minimum absolute atomic E-state index is 0.0720. The molecule has 0 atom stereocenters. The van der Waals surface area contributed by atoms with Crippen molar-refractivity contribution in [3.63, 3.8) is 0 Å². The molecular formula is C14H10F2N2O2S. The highest BCUT2D eigenvalue weighted by Crippen LogP contribution is 2.40. The van der Waals surface area contributed by atoms with Gasteiger partial charge in [-0.2, -0.15) is 0 Å². The van der Waals surface area contributed by atoms with Crippen molar-refractivity contribution in [3.8, 4) is 5.75 Å². The van der Waals surface area contributed by atoms with Gasteiger partial charge in [-0.05, 0) is 24.3 Å². The summed E-state index contributed by atoms with van der Waals surface area (Å²) in [6.07, 6.45) is 0. The maximum Gasteiger partial charge on any atom is 0.262 e. The molecule has 7 heteroatoms. The molecule has 1 heterocycles. The van der Waals surface area contributed by atoms with Crippen LogP contribution in [-0.2, 0) is 4.79 Å². The maximum atomic E-state index is 13.7. The lowest BCUT2D eigenvalue weighted by Gasteiger charge is -2.19. The highest BCUT2D eigenvalue weighted by Gasteiger charge is 2.19. The number of nitrogens with one attached hydrogen (secondary N) is 1. The van der Waals surface area contributed by atoms with E-state index in [4.69, 9.17) is 10.5 Å². The molecular weight excluding hydrogens is 298 g/mol. The molecule has 3 rings (SSSR count). The number of nitrogens with two attached hydrogens (primary N) is 1. The number of fused-ring (bicyclic) bond motifs is 1. The first-order chi connectivity index (χ1) is 10.0. The number of amides is 1. The van der Waals surface area contributed by atoms with Gasteiger partial charge in [-0.15, -0.1) is 0 Å². The molecule has 4 nitrogen and oxygen atoms in total. The first-order valence-corrected chi connectivity index (χ1v) is 6.83. The minimum atomic E-state index is -0.543. The van der Waals surface area contributed by atoms with E-state index in [1.807, 2.05) is 0 Å². The normalized spacial score (nSPS) is 13.3. The first kappa shape index (κ1) is 13.7. The van der Waals surface area contributed by atoms with E-state index in [9.17, 15) is 13.6 Å². The van der Waals surface area contributed by atoms with Crippen LogP contribution in [0.25, 0.3) is 0 Å². The molecule has 108 valence electrons. The molecule has 0 saturated heterocycles. The van der Waals surface area contributed by atoms with E-state index in [1.165, 1.54) is 0 Å². The average molecular weight is 308 g/mol. The summed E-state index contributed by atoms with van der Waals surface area (Å²) in [7, 11) is 0. The van der Waals surface area contributed by atoms with E-state index in [2.05, 4.69) is 5.32 Å². The van der Waals surface area contributed by atoms with Gasteiger partial charge in [-0.1, -0.05) is 11.8 Å². The Bertz CT molecular complexity index is 737. The van der Waals surface area contributed by atoms with Crippen molar-refractivity contribution >= 4 is 29.0 Å². The molecule has 1 aliphatic rings. The Morgan fingerprint density at radius 3 is 2.81 bits per heavy atom. The Hall–Kier alpha value is -2.28. The van der Waals surface area contributed by atoms with Crippen molar-refractivity contribution in [1.29, 1.82) is 0 Å². The summed E-state index contributed by atoms with van der Waals surface area (Å²) in [5.41, 5.74) is 6.70. The molecule has 0 unspecified atom stereocenters. The Morgan fingerprint density at radius 1 is 1.19 bits per heavy atom. The molecule has 0 aliphatic carbocycles. The minimum Gasteiger partial charge on any atom is -0.482 e. The number of anilines is 2. The SMILES string of the molecule is Nc1cc2c(cc1Sc1cc(F)ccc1F)NC(=O)CO2. The lowest BCUT2D eigenvalue weighted by Crippen LogP contribution is -2.25. The summed E-state index contributed by atoms with van der Waals surface area (Å²) in [6, 6.07) is 6.32. The number of hydrogen-bond acceptors (Lipinski definition) is 4. The highest BCUT2D eigenvalue weighted by molar-refractivity contribution is 7.99. The zero-order valence-corrected chi connectivity index (χ0v) is 11.5. The van der Waals surface area contributed by atoms with Crippen molar-refractivity contribution < 1.29 is 18.3 Å². The van der Waals surface area contributed by atoms with Crippen LogP contribution < -0.4 is 15.8 Å². The van der Waals surface area contributed by atoms with Crippen molar-refractivity contribution in [3.05, 3.63) is 42.0 Å². The monoisotopic (exact) mass is 308 g/mol. The van der Waals surface area contributed by atoms with Gasteiger partial charge in [-0.3, -0.25) is 4.79 Å². The van der Waals surface area contributed by atoms with E-state index in [0.29, 0.717) is 22.0 Å². The Kier molecular flexibility index (Phi) is 3.42. The van der Waals surface area contributed by atoms with E-state index in [1.54, 1.807) is 12.1 Å². The predicted molar refractivity (Wildman–Crippen MR) is 75.5 cm³/mol. The number of hydrogen-bond donors (Lipinski definition) is 2. The molecule has 0 bridgehead atoms. The van der Waals surface area contributed by atoms with Crippen LogP contribution >= 0.6 is 11.8 Å². The van der Waals surface area contributed by atoms with Gasteiger partial charge >= 0.3 is 0 Å². The Morgan fingerprint density at radius 2 is 2.00 bits per heavy atom. The van der Waals surface area contributed by atoms with Crippen LogP contribution in [0.1, 0.15) is 0 Å². The summed E-state index contributed by atoms with van der Waals surface area (Å²) < 4.78 is 32.1. The summed E-state index contributed by atoms with van der Waals surface area (Å²) in [5.74, 6) is -0.901. The van der Waals surface area contributed by atoms with E-state index in [0.717, 1.165) is 30.0 Å². The Balaban J connectivity index is 1.97. The lowest BCUT2D eigenvalue weighted by atomic mass is 10.2. The summed E-state index contributed by atoms with van der Waals surface area (Å²) in [6.45, 7) is -0.0720. The molecule has 0 radical (unpaired) electrons. The summed E-state index contributed by atoms with van der Waals surface area (Å²) in [5, 5.41) is 2.64. The van der Waals surface area contributed by atoms with Crippen LogP contribution in [0.3, 0.4) is 0 Å². The summed E-state index contributed by atoms with van der Waals surface area (Å²) >= 11 is 0.982. The Labute approximate surface area is 123 Å². The molecule has 0 aromatic heterocycles. The van der Waals surface area contributed by atoms with E-state index < -0.39 is 11.6 Å². The number of ether oxygens (including phenoxy) is 1. The lowest BCUT2D eigenvalue weighted by molar-refractivity contribution is -0.118. The van der Waals surface area contributed by atoms with Crippen molar-refractivity contribution in [2.24, 2.45) is 0 Å². The van der Waals surface area contributed by atoms with Crippen LogP contribution in [0.5, 0.6) is 5.75 Å². The molecule has 21 heavy (non-hydrogen) atoms. The van der Waals surface area contributed by atoms with Crippen LogP contribution in [0.4, 0.5) is 20.2 Å². The van der Waals surface area contributed by atoms with Gasteiger partial charge < -0.3 is 15.8 Å². The second kappa shape index (κ2) is 5.25. The number of nitrogen functional groups attached to an aromatic ring is 1. The predicted octanol–water partition coefficient (Wildman–Crippen LogP) is 3.03. The molecule has 1 aliphatic heterocycles. The fourth-order valence-corrected chi connectivity index (χ4v) is 2.81. The van der Waals surface area contributed by atoms with Crippen molar-refractivity contribution in [2.45, 2.75) is 9.79 Å². The highest BCUT2D eigenvalue weighted by atomic mass is 32.2. The number of halogens is 2. The molecule has 3 N–H and O–H groups in total. The molecule has 0 saturated carbocycles. The first-order valence-electron chi connectivity index (χ1n) is 6.02. The van der Waals surface area contributed by atoms with Crippen LogP contribution in [0, 0.1) is 11.6 Å². The van der Waals surface area contributed by atoms with Crippen LogP contribution in [0.15, 0.2) is 40.1 Å². The van der Waals surface area contributed by atoms with Crippen LogP contribution in [-0.4, -0.2) is 12.5 Å². The number of carbonyl (C=O) groups excluding carboxylic acids is 1. The number of rotatable bonds is 2. The van der Waals surface area contributed by atoms with Gasteiger partial charge in [0.15, 0.2) is 6.61 Å². The molecule has 2 aromatic carbocycles. The van der Waals surface area contributed by atoms with Gasteiger partial charge in [0.25, 0.3) is 5.91 Å². The fourth-order valence-electron chi connectivity index (χ4n) is 1.88. The van der Waals surface area contributed by atoms with Gasteiger partial charge in [0.2, 0.25) is 0 Å². The average Bonchev–Trinajstić information content (AvgIpc) is 2.44. The van der Waals surface area contributed by atoms with Crippen molar-refractivity contribution in [2.75, 3.05) is 17.7 Å². The second-order valence-corrected chi connectivity index (χ2v) is 5.48. The van der Waals surface area contributed by atoms with Gasteiger partial charge in [-0.25, -0.2) is 8.78 Å². The molecule has 0 spiro atoms. The molecule has 0 fully saturated rings. The molecule has 2 aromatic rings. The van der Waals surface area contributed by atoms with E-state index >= 15 is 0 Å². The third-order valence-corrected chi connectivity index (χ3v) is 3.96. The van der Waals surface area contributed by atoms with Crippen LogP contribution in [0.2, 0.25) is 0 Å². The standard InChI is InChI=1S/C14H10F2N2O2S/c15-7-1-2-8(16)12(3-7)21-13-5-10-11(4-9(13)17)20-6-14(19)18-10/h1-5H,6,17H2,(H,18,19). The van der Waals surface area contributed by atoms with Gasteiger partial charge in [0, 0.05) is 16.6 Å². The fraction of sp³-hybridized carbons (Fsp3) is 0.0714. The quantitative estimate of drug-likeness (QED) is 0.837. The van der Waals surface area contributed by atoms with Crippen molar-refractivity contribution in [1.82, 2.24) is 0 Å². The largest absolute Gasteiger partial charge is 0.482 e. The van der Waals surface area contributed by atoms with Gasteiger partial charge in [0.1, 0.15) is 17.4 Å². The summed E-state index contributed by atoms with van der Waals surface area (Å²) in [4.78, 5) is 11.9. The third-order valence-electron chi connectivity index (χ3n) is 2.86. The van der Waals surface area contributed by atoms with E-state index in [-0.39, 0.29) is 17.4 Å². The number of benzene rings is 2. The number of carbonyl (C=O) groups is 1. The molecule has 1 amide bonds. The maximum absolute atomic E-state index is 13.7.